The van der Waals surface area contributed by atoms with Crippen LogP contribution in [0.2, 0.25) is 0 Å². The van der Waals surface area contributed by atoms with Gasteiger partial charge in [0.05, 0.1) is 4.92 Å². The van der Waals surface area contributed by atoms with Crippen LogP contribution in [0.25, 0.3) is 0 Å². The van der Waals surface area contributed by atoms with Gasteiger partial charge in [0, 0.05) is 30.8 Å². The largest absolute Gasteiger partial charge is 0.315 e. The van der Waals surface area contributed by atoms with Gasteiger partial charge in [-0.2, -0.15) is 0 Å². The first kappa shape index (κ1) is 12.0. The van der Waals surface area contributed by atoms with Gasteiger partial charge in [0.2, 0.25) is 0 Å². The molecule has 0 spiro atoms. The molecule has 1 heterocycles. The first-order valence-corrected chi connectivity index (χ1v) is 5.78. The number of nitrogens with one attached hydrogen (secondary N) is 2. The van der Waals surface area contributed by atoms with Gasteiger partial charge in [-0.05, 0) is 25.5 Å². The Morgan fingerprint density at radius 2 is 2.41 bits per heavy atom. The van der Waals surface area contributed by atoms with Crippen LogP contribution in [0.1, 0.15) is 18.9 Å². The standard InChI is InChI=1S/C12H17N3O2/c1-12(5-6-13-9-12)14-8-10-3-2-4-11(7-10)15(16)17/h2-4,7,13-14H,5-6,8-9H2,1H3. The number of nitro groups is 1. The molecule has 1 atom stereocenters. The molecule has 1 aliphatic rings. The van der Waals surface area contributed by atoms with E-state index >= 15 is 0 Å². The van der Waals surface area contributed by atoms with Gasteiger partial charge < -0.3 is 10.6 Å². The first-order chi connectivity index (χ1) is 8.09. The Kier molecular flexibility index (Phi) is 3.40. The molecule has 0 amide bonds. The zero-order valence-corrected chi connectivity index (χ0v) is 9.90. The lowest BCUT2D eigenvalue weighted by Crippen LogP contribution is -2.43. The number of nitrogens with zero attached hydrogens (tertiary/aromatic N) is 1. The average Bonchev–Trinajstić information content (AvgIpc) is 2.75. The summed E-state index contributed by atoms with van der Waals surface area (Å²) >= 11 is 0. The van der Waals surface area contributed by atoms with E-state index in [4.69, 9.17) is 0 Å². The maximum atomic E-state index is 10.7. The second-order valence-electron chi connectivity index (χ2n) is 4.77. The van der Waals surface area contributed by atoms with Crippen molar-refractivity contribution in [2.45, 2.75) is 25.4 Å². The highest BCUT2D eigenvalue weighted by atomic mass is 16.6. The van der Waals surface area contributed by atoms with Gasteiger partial charge in [0.25, 0.3) is 5.69 Å². The Balaban J connectivity index is 1.99. The molecule has 2 N–H and O–H groups in total. The Morgan fingerprint density at radius 3 is 3.06 bits per heavy atom. The predicted octanol–water partition coefficient (Wildman–Crippen LogP) is 1.44. The molecule has 17 heavy (non-hydrogen) atoms. The lowest BCUT2D eigenvalue weighted by Gasteiger charge is -2.24. The third kappa shape index (κ3) is 3.01. The number of hydrogen-bond acceptors (Lipinski definition) is 4. The molecule has 1 aromatic rings. The van der Waals surface area contributed by atoms with Crippen LogP contribution in [0.3, 0.4) is 0 Å². The van der Waals surface area contributed by atoms with E-state index in [1.807, 2.05) is 6.07 Å². The predicted molar refractivity (Wildman–Crippen MR) is 65.8 cm³/mol. The molecule has 5 nitrogen and oxygen atoms in total. The summed E-state index contributed by atoms with van der Waals surface area (Å²) in [7, 11) is 0. The van der Waals surface area contributed by atoms with Gasteiger partial charge in [0.1, 0.15) is 0 Å². The van der Waals surface area contributed by atoms with E-state index in [1.165, 1.54) is 6.07 Å². The van der Waals surface area contributed by atoms with Gasteiger partial charge in [-0.25, -0.2) is 0 Å². The average molecular weight is 235 g/mol. The van der Waals surface area contributed by atoms with Crippen molar-refractivity contribution < 1.29 is 4.92 Å². The molecule has 1 saturated heterocycles. The Morgan fingerprint density at radius 1 is 1.59 bits per heavy atom. The smallest absolute Gasteiger partial charge is 0.269 e. The molecule has 0 aliphatic carbocycles. The zero-order chi connectivity index (χ0) is 12.3. The maximum absolute atomic E-state index is 10.7. The summed E-state index contributed by atoms with van der Waals surface area (Å²) in [6.07, 6.45) is 1.09. The maximum Gasteiger partial charge on any atom is 0.269 e. The molecule has 2 rings (SSSR count). The van der Waals surface area contributed by atoms with E-state index in [9.17, 15) is 10.1 Å². The van der Waals surface area contributed by atoms with Crippen molar-refractivity contribution in [1.82, 2.24) is 10.6 Å². The molecule has 0 saturated carbocycles. The summed E-state index contributed by atoms with van der Waals surface area (Å²) < 4.78 is 0. The Bertz CT molecular complexity index is 414. The van der Waals surface area contributed by atoms with E-state index in [-0.39, 0.29) is 16.1 Å². The van der Waals surface area contributed by atoms with Crippen LogP contribution in [0.15, 0.2) is 24.3 Å². The topological polar surface area (TPSA) is 67.2 Å². The van der Waals surface area contributed by atoms with E-state index in [2.05, 4.69) is 17.6 Å². The Labute approximate surface area is 100 Å². The van der Waals surface area contributed by atoms with Crippen molar-refractivity contribution >= 4 is 5.69 Å². The molecule has 1 fully saturated rings. The van der Waals surface area contributed by atoms with Crippen LogP contribution in [-0.2, 0) is 6.54 Å². The van der Waals surface area contributed by atoms with Crippen molar-refractivity contribution in [3.05, 3.63) is 39.9 Å². The van der Waals surface area contributed by atoms with Gasteiger partial charge in [-0.3, -0.25) is 10.1 Å². The van der Waals surface area contributed by atoms with Crippen molar-refractivity contribution in [1.29, 1.82) is 0 Å². The molecule has 0 bridgehead atoms. The van der Waals surface area contributed by atoms with Crippen molar-refractivity contribution in [2.75, 3.05) is 13.1 Å². The fourth-order valence-corrected chi connectivity index (χ4v) is 2.06. The summed E-state index contributed by atoms with van der Waals surface area (Å²) in [5.74, 6) is 0. The highest BCUT2D eigenvalue weighted by Crippen LogP contribution is 2.16. The quantitative estimate of drug-likeness (QED) is 0.612. The first-order valence-electron chi connectivity index (χ1n) is 5.78. The second kappa shape index (κ2) is 4.81. The van der Waals surface area contributed by atoms with Crippen LogP contribution >= 0.6 is 0 Å². The fourth-order valence-electron chi connectivity index (χ4n) is 2.06. The fraction of sp³-hybridized carbons (Fsp3) is 0.500. The molecule has 1 aromatic carbocycles. The molecular formula is C12H17N3O2. The summed E-state index contributed by atoms with van der Waals surface area (Å²) in [5, 5.41) is 17.4. The Hall–Kier alpha value is -1.46. The number of hydrogen-bond donors (Lipinski definition) is 2. The minimum Gasteiger partial charge on any atom is -0.315 e. The van der Waals surface area contributed by atoms with E-state index in [0.29, 0.717) is 6.54 Å². The van der Waals surface area contributed by atoms with Crippen LogP contribution in [0.4, 0.5) is 5.69 Å². The summed E-state index contributed by atoms with van der Waals surface area (Å²) in [6, 6.07) is 6.77. The number of nitro benzene ring substituents is 1. The van der Waals surface area contributed by atoms with Gasteiger partial charge in [-0.15, -0.1) is 0 Å². The lowest BCUT2D eigenvalue weighted by molar-refractivity contribution is -0.384. The van der Waals surface area contributed by atoms with Crippen molar-refractivity contribution in [3.8, 4) is 0 Å². The summed E-state index contributed by atoms with van der Waals surface area (Å²) in [6.45, 7) is 4.81. The minimum atomic E-state index is -0.359. The van der Waals surface area contributed by atoms with Gasteiger partial charge >= 0.3 is 0 Å². The minimum absolute atomic E-state index is 0.102. The monoisotopic (exact) mass is 235 g/mol. The highest BCUT2D eigenvalue weighted by Gasteiger charge is 2.27. The third-order valence-corrected chi connectivity index (χ3v) is 3.21. The molecule has 1 unspecified atom stereocenters. The molecule has 0 radical (unpaired) electrons. The van der Waals surface area contributed by atoms with E-state index in [1.54, 1.807) is 12.1 Å². The SMILES string of the molecule is CC1(NCc2cccc([N+](=O)[O-])c2)CCNC1. The van der Waals surface area contributed by atoms with Gasteiger partial charge in [0.15, 0.2) is 0 Å². The van der Waals surface area contributed by atoms with Gasteiger partial charge in [-0.1, -0.05) is 12.1 Å². The molecule has 92 valence electrons. The highest BCUT2D eigenvalue weighted by molar-refractivity contribution is 5.34. The lowest BCUT2D eigenvalue weighted by atomic mass is 10.0. The summed E-state index contributed by atoms with van der Waals surface area (Å²) in [5.41, 5.74) is 1.20. The molecular weight excluding hydrogens is 218 g/mol. The molecule has 0 aromatic heterocycles. The van der Waals surface area contributed by atoms with Crippen LogP contribution in [0, 0.1) is 10.1 Å². The third-order valence-electron chi connectivity index (χ3n) is 3.21. The normalized spacial score (nSPS) is 23.8. The number of rotatable bonds is 4. The number of benzene rings is 1. The summed E-state index contributed by atoms with van der Waals surface area (Å²) in [4.78, 5) is 10.3. The second-order valence-corrected chi connectivity index (χ2v) is 4.77. The molecule has 5 heteroatoms. The van der Waals surface area contributed by atoms with Crippen molar-refractivity contribution in [3.63, 3.8) is 0 Å². The van der Waals surface area contributed by atoms with Crippen LogP contribution < -0.4 is 10.6 Å². The van der Waals surface area contributed by atoms with E-state index in [0.717, 1.165) is 25.1 Å². The van der Waals surface area contributed by atoms with Crippen LogP contribution in [0.5, 0.6) is 0 Å². The zero-order valence-electron chi connectivity index (χ0n) is 9.90. The van der Waals surface area contributed by atoms with E-state index < -0.39 is 0 Å². The van der Waals surface area contributed by atoms with Crippen molar-refractivity contribution in [2.24, 2.45) is 0 Å². The van der Waals surface area contributed by atoms with Crippen LogP contribution in [-0.4, -0.2) is 23.6 Å². The molecule has 1 aliphatic heterocycles. The number of non-ortho nitro benzene ring substituents is 1.